The van der Waals surface area contributed by atoms with Crippen LogP contribution >= 0.6 is 0 Å². The zero-order valence-corrected chi connectivity index (χ0v) is 19.1. The molecule has 0 spiro atoms. The number of benzene rings is 4. The van der Waals surface area contributed by atoms with Crippen molar-refractivity contribution in [3.8, 4) is 39.6 Å². The molecule has 2 aromatic heterocycles. The topological polar surface area (TPSA) is 66.0 Å². The van der Waals surface area contributed by atoms with Crippen LogP contribution in [0.4, 0.5) is 0 Å². The summed E-state index contributed by atoms with van der Waals surface area (Å²) in [7, 11) is 1.67. The third-order valence-electron chi connectivity index (χ3n) is 5.93. The fraction of sp³-hybridized carbons (Fsp3) is 0.0690. The minimum absolute atomic E-state index is 0.379. The molecule has 0 amide bonds. The Kier molecular flexibility index (Phi) is 5.31. The molecule has 6 rings (SSSR count). The van der Waals surface area contributed by atoms with Crippen molar-refractivity contribution in [2.75, 3.05) is 7.11 Å². The van der Waals surface area contributed by atoms with Crippen LogP contribution in [-0.4, -0.2) is 27.1 Å². The van der Waals surface area contributed by atoms with Gasteiger partial charge in [-0.05, 0) is 29.0 Å². The highest BCUT2D eigenvalue weighted by molar-refractivity contribution is 5.87. The Hall–Kier alpha value is -4.71. The molecule has 6 nitrogen and oxygen atoms in total. The minimum Gasteiger partial charge on any atom is -0.497 e. The van der Waals surface area contributed by atoms with E-state index in [9.17, 15) is 0 Å². The number of nitrogens with zero attached hydrogens (tertiary/aromatic N) is 4. The quantitative estimate of drug-likeness (QED) is 0.286. The van der Waals surface area contributed by atoms with Gasteiger partial charge >= 0.3 is 0 Å². The molecular weight excluding hydrogens is 436 g/mol. The van der Waals surface area contributed by atoms with Crippen LogP contribution in [0.5, 0.6) is 5.75 Å². The highest BCUT2D eigenvalue weighted by Gasteiger charge is 2.17. The number of hydrogen-bond acceptors (Lipinski definition) is 5. The standard InChI is InChI=1S/C29H22N4O2/c1-34-25-15-14-22-16-24(13-12-23(22)17-25)26-18-33(32-31-26)19-27-30-28(20-8-4-2-5-9-20)29(35-27)21-10-6-3-7-11-21/h2-18H,19H2,1H3. The molecular formula is C29H22N4O2. The first kappa shape index (κ1) is 20.9. The lowest BCUT2D eigenvalue weighted by Gasteiger charge is -2.04. The van der Waals surface area contributed by atoms with Gasteiger partial charge in [-0.25, -0.2) is 9.67 Å². The van der Waals surface area contributed by atoms with Gasteiger partial charge in [0.05, 0.1) is 13.3 Å². The molecule has 0 saturated carbocycles. The molecule has 0 atom stereocenters. The van der Waals surface area contributed by atoms with E-state index in [0.717, 1.165) is 50.4 Å². The van der Waals surface area contributed by atoms with E-state index in [1.165, 1.54) is 0 Å². The molecule has 35 heavy (non-hydrogen) atoms. The van der Waals surface area contributed by atoms with E-state index in [1.54, 1.807) is 11.8 Å². The normalized spacial score (nSPS) is 11.1. The summed E-state index contributed by atoms with van der Waals surface area (Å²) in [4.78, 5) is 4.82. The van der Waals surface area contributed by atoms with E-state index in [1.807, 2.05) is 91.1 Å². The Morgan fingerprint density at radius 2 is 1.49 bits per heavy atom. The summed E-state index contributed by atoms with van der Waals surface area (Å²) in [6.07, 6.45) is 1.92. The smallest absolute Gasteiger partial charge is 0.217 e. The lowest BCUT2D eigenvalue weighted by atomic mass is 10.1. The number of aromatic nitrogens is 4. The zero-order chi connectivity index (χ0) is 23.6. The van der Waals surface area contributed by atoms with Gasteiger partial charge < -0.3 is 9.15 Å². The maximum atomic E-state index is 6.24. The van der Waals surface area contributed by atoms with E-state index in [2.05, 4.69) is 22.4 Å². The van der Waals surface area contributed by atoms with E-state index in [4.69, 9.17) is 14.1 Å². The molecule has 2 heterocycles. The SMILES string of the molecule is COc1ccc2cc(-c3cn(Cc4nc(-c5ccccc5)c(-c5ccccc5)o4)nn3)ccc2c1. The first-order valence-electron chi connectivity index (χ1n) is 11.4. The largest absolute Gasteiger partial charge is 0.497 e. The highest BCUT2D eigenvalue weighted by atomic mass is 16.5. The molecule has 0 radical (unpaired) electrons. The molecule has 0 saturated heterocycles. The predicted molar refractivity (Wildman–Crippen MR) is 136 cm³/mol. The highest BCUT2D eigenvalue weighted by Crippen LogP contribution is 2.33. The second-order valence-electron chi connectivity index (χ2n) is 8.25. The molecule has 0 aliphatic carbocycles. The number of hydrogen-bond donors (Lipinski definition) is 0. The lowest BCUT2D eigenvalue weighted by Crippen LogP contribution is -2.00. The van der Waals surface area contributed by atoms with Crippen LogP contribution in [0.2, 0.25) is 0 Å². The summed E-state index contributed by atoms with van der Waals surface area (Å²) in [6.45, 7) is 0.379. The molecule has 0 fully saturated rings. The van der Waals surface area contributed by atoms with Crippen LogP contribution in [0.1, 0.15) is 5.89 Å². The molecule has 0 aliphatic rings. The molecule has 0 N–H and O–H groups in total. The Bertz CT molecular complexity index is 1550. The van der Waals surface area contributed by atoms with Gasteiger partial charge in [-0.3, -0.25) is 0 Å². The van der Waals surface area contributed by atoms with Gasteiger partial charge in [0.15, 0.2) is 5.76 Å². The predicted octanol–water partition coefficient (Wildman–Crippen LogP) is 6.48. The van der Waals surface area contributed by atoms with Gasteiger partial charge in [-0.15, -0.1) is 5.10 Å². The molecule has 170 valence electrons. The van der Waals surface area contributed by atoms with Crippen molar-refractivity contribution in [2.45, 2.75) is 6.54 Å². The first-order valence-corrected chi connectivity index (χ1v) is 11.4. The zero-order valence-electron chi connectivity index (χ0n) is 19.1. The molecule has 0 aliphatic heterocycles. The monoisotopic (exact) mass is 458 g/mol. The maximum absolute atomic E-state index is 6.24. The van der Waals surface area contributed by atoms with Crippen LogP contribution in [0, 0.1) is 0 Å². The fourth-order valence-electron chi connectivity index (χ4n) is 4.17. The third-order valence-corrected chi connectivity index (χ3v) is 5.93. The van der Waals surface area contributed by atoms with Crippen LogP contribution in [0.25, 0.3) is 44.6 Å². The summed E-state index contributed by atoms with van der Waals surface area (Å²) < 4.78 is 13.3. The second kappa shape index (κ2) is 8.91. The van der Waals surface area contributed by atoms with Crippen molar-refractivity contribution in [2.24, 2.45) is 0 Å². The Labute approximate surface area is 202 Å². The molecule has 6 heteroatoms. The maximum Gasteiger partial charge on any atom is 0.217 e. The van der Waals surface area contributed by atoms with Gasteiger partial charge in [0.25, 0.3) is 0 Å². The molecule has 0 bridgehead atoms. The Morgan fingerprint density at radius 3 is 2.26 bits per heavy atom. The third kappa shape index (κ3) is 4.17. The molecule has 0 unspecified atom stereocenters. The van der Waals surface area contributed by atoms with Crippen molar-refractivity contribution in [1.29, 1.82) is 0 Å². The van der Waals surface area contributed by atoms with Gasteiger partial charge in [0.1, 0.15) is 23.7 Å². The van der Waals surface area contributed by atoms with E-state index in [-0.39, 0.29) is 0 Å². The van der Waals surface area contributed by atoms with Crippen molar-refractivity contribution in [3.05, 3.63) is 109 Å². The van der Waals surface area contributed by atoms with E-state index < -0.39 is 0 Å². The minimum atomic E-state index is 0.379. The summed E-state index contributed by atoms with van der Waals surface area (Å²) in [5.74, 6) is 2.16. The lowest BCUT2D eigenvalue weighted by molar-refractivity contribution is 0.415. The fourth-order valence-corrected chi connectivity index (χ4v) is 4.17. The summed E-state index contributed by atoms with van der Waals surface area (Å²) in [6, 6.07) is 32.4. The van der Waals surface area contributed by atoms with Gasteiger partial charge in [0.2, 0.25) is 5.89 Å². The van der Waals surface area contributed by atoms with Gasteiger partial charge in [-0.2, -0.15) is 0 Å². The number of rotatable bonds is 6. The second-order valence-corrected chi connectivity index (χ2v) is 8.25. The summed E-state index contributed by atoms with van der Waals surface area (Å²) >= 11 is 0. The van der Waals surface area contributed by atoms with E-state index >= 15 is 0 Å². The van der Waals surface area contributed by atoms with Crippen molar-refractivity contribution in [3.63, 3.8) is 0 Å². The number of oxazole rings is 1. The summed E-state index contributed by atoms with van der Waals surface area (Å²) in [5, 5.41) is 10.9. The summed E-state index contributed by atoms with van der Waals surface area (Å²) in [5.41, 5.74) is 4.60. The van der Waals surface area contributed by atoms with Crippen LogP contribution < -0.4 is 4.74 Å². The molecule has 4 aromatic carbocycles. The average Bonchev–Trinajstić information content (AvgIpc) is 3.57. The Morgan fingerprint density at radius 1 is 0.771 bits per heavy atom. The van der Waals surface area contributed by atoms with Crippen LogP contribution in [0.15, 0.2) is 108 Å². The van der Waals surface area contributed by atoms with Crippen LogP contribution in [-0.2, 0) is 6.54 Å². The molecule has 6 aromatic rings. The number of fused-ring (bicyclic) bond motifs is 1. The number of ether oxygens (including phenoxy) is 1. The van der Waals surface area contributed by atoms with Crippen molar-refractivity contribution >= 4 is 10.8 Å². The first-order chi connectivity index (χ1) is 17.3. The average molecular weight is 459 g/mol. The van der Waals surface area contributed by atoms with E-state index in [0.29, 0.717) is 12.4 Å². The van der Waals surface area contributed by atoms with Gasteiger partial charge in [0, 0.05) is 16.7 Å². The van der Waals surface area contributed by atoms with Crippen LogP contribution in [0.3, 0.4) is 0 Å². The van der Waals surface area contributed by atoms with Crippen molar-refractivity contribution < 1.29 is 9.15 Å². The van der Waals surface area contributed by atoms with Crippen molar-refractivity contribution in [1.82, 2.24) is 20.0 Å². The van der Waals surface area contributed by atoms with Gasteiger partial charge in [-0.1, -0.05) is 84.1 Å². The number of methoxy groups -OCH3 is 1. The Balaban J connectivity index is 1.31.